The van der Waals surface area contributed by atoms with Crippen molar-refractivity contribution in [2.75, 3.05) is 0 Å². The summed E-state index contributed by atoms with van der Waals surface area (Å²) in [6, 6.07) is 4.35. The fourth-order valence-electron chi connectivity index (χ4n) is 3.97. The molecule has 1 fully saturated rings. The molecule has 0 spiro atoms. The van der Waals surface area contributed by atoms with Crippen molar-refractivity contribution in [3.05, 3.63) is 42.5 Å². The van der Waals surface area contributed by atoms with Gasteiger partial charge in [0.25, 0.3) is 0 Å². The second-order valence-electron chi connectivity index (χ2n) is 8.22. The number of hydrogen-bond donors (Lipinski definition) is 4. The molecule has 0 radical (unpaired) electrons. The first-order chi connectivity index (χ1) is 15.3. The minimum atomic E-state index is -1.09. The predicted octanol–water partition coefficient (Wildman–Crippen LogP) is 4.20. The molecule has 0 aromatic carbocycles. The Morgan fingerprint density at radius 3 is 2.58 bits per heavy atom. The Morgan fingerprint density at radius 1 is 1.30 bits per heavy atom. The van der Waals surface area contributed by atoms with Gasteiger partial charge in [-0.25, -0.2) is 4.79 Å². The van der Waals surface area contributed by atoms with Gasteiger partial charge in [-0.05, 0) is 37.0 Å². The number of aromatic nitrogens is 1. The molecule has 33 heavy (non-hydrogen) atoms. The van der Waals surface area contributed by atoms with Crippen LogP contribution in [0.1, 0.15) is 51.0 Å². The van der Waals surface area contributed by atoms with Crippen LogP contribution in [-0.2, 0) is 16.0 Å². The van der Waals surface area contributed by atoms with Crippen molar-refractivity contribution in [2.45, 2.75) is 68.7 Å². The summed E-state index contributed by atoms with van der Waals surface area (Å²) in [4.78, 5) is 30.1. The highest BCUT2D eigenvalue weighted by molar-refractivity contribution is 7.86. The van der Waals surface area contributed by atoms with Gasteiger partial charge in [0.15, 0.2) is 0 Å². The number of thiocarbonyl (C=S) groups is 1. The number of amides is 1. The molecule has 2 aromatic heterocycles. The Morgan fingerprint density at radius 2 is 2.03 bits per heavy atom. The summed E-state index contributed by atoms with van der Waals surface area (Å²) < 4.78 is 5.07. The molecular weight excluding hydrogens is 482 g/mol. The van der Waals surface area contributed by atoms with Crippen LogP contribution < -0.4 is 10.6 Å². The molecule has 180 valence electrons. The minimum Gasteiger partial charge on any atom is -0.480 e. The van der Waals surface area contributed by atoms with E-state index in [1.165, 1.54) is 0 Å². The van der Waals surface area contributed by atoms with Gasteiger partial charge in [0.2, 0.25) is 5.91 Å². The number of hydrogen-bond acceptors (Lipinski definition) is 6. The molecule has 1 aliphatic carbocycles. The standard InChI is InChI=1S/C23H29N3O4S2.ClH/c1-2-5-19(31)20(32)26-23(9-3-4-10-23)22(29)25-18(21(27)28)12-15-6-7-17(24-13-15)16-8-11-30-14-16;/h6-8,11,13-14,18-19,31H,2-5,9-10,12H2,1H3,(H,25,29)(H,26,32)(H,27,28);1H. The van der Waals surface area contributed by atoms with Gasteiger partial charge in [0.05, 0.1) is 28.5 Å². The van der Waals surface area contributed by atoms with Crippen LogP contribution >= 0.6 is 37.3 Å². The van der Waals surface area contributed by atoms with Crippen LogP contribution in [0.4, 0.5) is 0 Å². The van der Waals surface area contributed by atoms with Crippen molar-refractivity contribution in [1.29, 1.82) is 0 Å². The molecule has 2 unspecified atom stereocenters. The highest BCUT2D eigenvalue weighted by Crippen LogP contribution is 2.31. The van der Waals surface area contributed by atoms with Crippen LogP contribution in [0.15, 0.2) is 41.3 Å². The Balaban J connectivity index is 0.00000385. The van der Waals surface area contributed by atoms with Crippen LogP contribution in [0, 0.1) is 0 Å². The molecule has 1 saturated carbocycles. The van der Waals surface area contributed by atoms with Gasteiger partial charge in [-0.1, -0.05) is 44.5 Å². The summed E-state index contributed by atoms with van der Waals surface area (Å²) in [6.45, 7) is 2.05. The molecule has 2 heterocycles. The maximum atomic E-state index is 13.3. The Labute approximate surface area is 210 Å². The first kappa shape index (κ1) is 27.1. The molecule has 1 aliphatic rings. The van der Waals surface area contributed by atoms with E-state index >= 15 is 0 Å². The molecule has 10 heteroatoms. The van der Waals surface area contributed by atoms with Crippen LogP contribution in [-0.4, -0.2) is 43.8 Å². The highest BCUT2D eigenvalue weighted by atomic mass is 35.5. The lowest BCUT2D eigenvalue weighted by molar-refractivity contribution is -0.142. The number of carbonyl (C=O) groups is 2. The molecule has 0 bridgehead atoms. The zero-order chi connectivity index (χ0) is 23.1. The molecule has 7 nitrogen and oxygen atoms in total. The van der Waals surface area contributed by atoms with E-state index in [2.05, 4.69) is 35.2 Å². The fraction of sp³-hybridized carbons (Fsp3) is 0.478. The normalized spacial score (nSPS) is 16.3. The average molecular weight is 512 g/mol. The van der Waals surface area contributed by atoms with Crippen molar-refractivity contribution in [2.24, 2.45) is 0 Å². The van der Waals surface area contributed by atoms with Gasteiger partial charge in [-0.2, -0.15) is 12.6 Å². The number of furan rings is 1. The lowest BCUT2D eigenvalue weighted by atomic mass is 9.94. The lowest BCUT2D eigenvalue weighted by Crippen LogP contribution is -2.60. The maximum Gasteiger partial charge on any atom is 0.326 e. The minimum absolute atomic E-state index is 0. The van der Waals surface area contributed by atoms with E-state index in [0.29, 0.717) is 23.4 Å². The van der Waals surface area contributed by atoms with Gasteiger partial charge >= 0.3 is 5.97 Å². The van der Waals surface area contributed by atoms with Crippen molar-refractivity contribution < 1.29 is 19.1 Å². The van der Waals surface area contributed by atoms with E-state index in [9.17, 15) is 14.7 Å². The Bertz CT molecular complexity index is 932. The molecular formula is C23H30ClN3O4S2. The summed E-state index contributed by atoms with van der Waals surface area (Å²) >= 11 is 10.0. The van der Waals surface area contributed by atoms with Gasteiger partial charge < -0.3 is 20.2 Å². The number of carboxylic acid groups (broad SMARTS) is 1. The summed E-state index contributed by atoms with van der Waals surface area (Å²) in [5.74, 6) is -1.42. The average Bonchev–Trinajstić information content (AvgIpc) is 3.47. The number of carboxylic acids is 1. The number of pyridine rings is 1. The zero-order valence-electron chi connectivity index (χ0n) is 18.5. The van der Waals surface area contributed by atoms with Gasteiger partial charge in [-0.15, -0.1) is 12.4 Å². The fourth-order valence-corrected chi connectivity index (χ4v) is 4.61. The molecule has 0 aliphatic heterocycles. The van der Waals surface area contributed by atoms with E-state index in [-0.39, 0.29) is 30.0 Å². The second kappa shape index (κ2) is 12.4. The highest BCUT2D eigenvalue weighted by Gasteiger charge is 2.43. The van der Waals surface area contributed by atoms with Crippen molar-refractivity contribution in [3.63, 3.8) is 0 Å². The summed E-state index contributed by atoms with van der Waals surface area (Å²) in [6.07, 6.45) is 9.64. The molecule has 3 rings (SSSR count). The number of nitrogens with one attached hydrogen (secondary N) is 2. The van der Waals surface area contributed by atoms with Crippen molar-refractivity contribution >= 4 is 54.1 Å². The van der Waals surface area contributed by atoms with E-state index < -0.39 is 17.6 Å². The van der Waals surface area contributed by atoms with Crippen molar-refractivity contribution in [1.82, 2.24) is 15.6 Å². The number of thiol groups is 1. The number of halogens is 1. The molecule has 3 N–H and O–H groups in total. The topological polar surface area (TPSA) is 104 Å². The predicted molar refractivity (Wildman–Crippen MR) is 137 cm³/mol. The number of nitrogens with zero attached hydrogens (tertiary/aromatic N) is 1. The van der Waals surface area contributed by atoms with Gasteiger partial charge in [0.1, 0.15) is 11.6 Å². The van der Waals surface area contributed by atoms with E-state index in [0.717, 1.165) is 36.9 Å². The third kappa shape index (κ3) is 6.94. The molecule has 0 saturated heterocycles. The Hall–Kier alpha value is -2.10. The monoisotopic (exact) mass is 511 g/mol. The number of rotatable bonds is 10. The second-order valence-corrected chi connectivity index (χ2v) is 9.28. The number of carbonyl (C=O) groups excluding carboxylic acids is 1. The van der Waals surface area contributed by atoms with E-state index in [1.807, 2.05) is 6.07 Å². The molecule has 1 amide bonds. The lowest BCUT2D eigenvalue weighted by Gasteiger charge is -2.33. The first-order valence-electron chi connectivity index (χ1n) is 10.9. The third-order valence-corrected chi connectivity index (χ3v) is 6.88. The molecule has 2 atom stereocenters. The first-order valence-corrected chi connectivity index (χ1v) is 11.8. The zero-order valence-corrected chi connectivity index (χ0v) is 21.0. The van der Waals surface area contributed by atoms with Crippen LogP contribution in [0.2, 0.25) is 0 Å². The maximum absolute atomic E-state index is 13.3. The summed E-state index contributed by atoms with van der Waals surface area (Å²) in [5.41, 5.74) is 1.40. The Kier molecular flexibility index (Phi) is 10.2. The summed E-state index contributed by atoms with van der Waals surface area (Å²) in [7, 11) is 0. The van der Waals surface area contributed by atoms with Crippen LogP contribution in [0.5, 0.6) is 0 Å². The smallest absolute Gasteiger partial charge is 0.326 e. The van der Waals surface area contributed by atoms with Crippen LogP contribution in [0.25, 0.3) is 11.3 Å². The molecule has 2 aromatic rings. The van der Waals surface area contributed by atoms with E-state index in [4.69, 9.17) is 16.6 Å². The number of aliphatic carboxylic acids is 1. The largest absolute Gasteiger partial charge is 0.480 e. The quantitative estimate of drug-likeness (QED) is 0.280. The summed E-state index contributed by atoms with van der Waals surface area (Å²) in [5, 5.41) is 15.6. The van der Waals surface area contributed by atoms with Gasteiger partial charge in [-0.3, -0.25) is 9.78 Å². The van der Waals surface area contributed by atoms with Crippen molar-refractivity contribution in [3.8, 4) is 11.3 Å². The van der Waals surface area contributed by atoms with Gasteiger partial charge in [0, 0.05) is 18.2 Å². The van der Waals surface area contributed by atoms with E-state index in [1.54, 1.807) is 30.9 Å². The van der Waals surface area contributed by atoms with Crippen LogP contribution in [0.3, 0.4) is 0 Å². The third-order valence-electron chi connectivity index (χ3n) is 5.80. The SMILES string of the molecule is CCCC(S)C(=S)NC1(C(=O)NC(Cc2ccc(-c3ccoc3)nc2)C(=O)O)CCCC1.Cl.